The minimum Gasteiger partial charge on any atom is -0.273 e. The highest BCUT2D eigenvalue weighted by Gasteiger charge is 2.00. The molecule has 106 valence electrons. The number of carbonyl (C=O) groups excluding carboxylic acids is 1. The van der Waals surface area contributed by atoms with Gasteiger partial charge in [0.25, 0.3) is 0 Å². The third-order valence-electron chi connectivity index (χ3n) is 2.86. The van der Waals surface area contributed by atoms with Gasteiger partial charge in [0, 0.05) is 0 Å². The van der Waals surface area contributed by atoms with Gasteiger partial charge in [0.05, 0.1) is 12.6 Å². The van der Waals surface area contributed by atoms with Crippen molar-refractivity contribution in [2.75, 3.05) is 0 Å². The van der Waals surface area contributed by atoms with E-state index in [9.17, 15) is 4.79 Å². The maximum Gasteiger partial charge on any atom is 0.244 e. The Kier molecular flexibility index (Phi) is 5.47. The summed E-state index contributed by atoms with van der Waals surface area (Å²) in [6.07, 6.45) is 3.99. The third-order valence-corrected chi connectivity index (χ3v) is 2.86. The lowest BCUT2D eigenvalue weighted by Crippen LogP contribution is -2.19. The molecule has 2 aromatic rings. The van der Waals surface area contributed by atoms with Crippen LogP contribution in [0.3, 0.4) is 0 Å². The maximum absolute atomic E-state index is 11.7. The Hall–Kier alpha value is -2.68. The Morgan fingerprint density at radius 2 is 1.67 bits per heavy atom. The molecule has 2 rings (SSSR count). The Bertz CT molecular complexity index is 631. The molecular weight excluding hydrogens is 260 g/mol. The highest BCUT2D eigenvalue weighted by atomic mass is 16.2. The van der Waals surface area contributed by atoms with Crippen molar-refractivity contribution in [3.63, 3.8) is 0 Å². The summed E-state index contributed by atoms with van der Waals surface area (Å²) in [6, 6.07) is 19.6. The zero-order valence-corrected chi connectivity index (χ0v) is 12.0. The van der Waals surface area contributed by atoms with Crippen LogP contribution in [0, 0.1) is 0 Å². The lowest BCUT2D eigenvalue weighted by Gasteiger charge is -2.00. The summed E-state index contributed by atoms with van der Waals surface area (Å²) in [4.78, 5) is 11.7. The number of hydrazone groups is 1. The van der Waals surface area contributed by atoms with E-state index in [0.29, 0.717) is 6.42 Å². The summed E-state index contributed by atoms with van der Waals surface area (Å²) in [6.45, 7) is 1.94. The molecule has 3 heteroatoms. The largest absolute Gasteiger partial charge is 0.273 e. The van der Waals surface area contributed by atoms with Gasteiger partial charge in [-0.05, 0) is 23.6 Å². The van der Waals surface area contributed by atoms with Gasteiger partial charge in [-0.1, -0.05) is 66.7 Å². The molecule has 21 heavy (non-hydrogen) atoms. The first kappa shape index (κ1) is 14.7. The Morgan fingerprint density at radius 3 is 2.33 bits per heavy atom. The molecule has 0 bridgehead atoms. The average Bonchev–Trinajstić information content (AvgIpc) is 2.49. The van der Waals surface area contributed by atoms with Crippen LogP contribution >= 0.6 is 0 Å². The van der Waals surface area contributed by atoms with E-state index in [-0.39, 0.29) is 5.91 Å². The van der Waals surface area contributed by atoms with E-state index in [4.69, 9.17) is 0 Å². The highest BCUT2D eigenvalue weighted by molar-refractivity contribution is 5.86. The van der Waals surface area contributed by atoms with E-state index in [0.717, 1.165) is 16.7 Å². The molecule has 0 saturated carbocycles. The van der Waals surface area contributed by atoms with Crippen LogP contribution < -0.4 is 5.43 Å². The lowest BCUT2D eigenvalue weighted by atomic mass is 10.1. The average molecular weight is 278 g/mol. The highest BCUT2D eigenvalue weighted by Crippen LogP contribution is 2.04. The van der Waals surface area contributed by atoms with Crippen LogP contribution in [-0.2, 0) is 11.2 Å². The number of carbonyl (C=O) groups is 1. The number of benzene rings is 2. The van der Waals surface area contributed by atoms with Crippen molar-refractivity contribution in [3.8, 4) is 0 Å². The van der Waals surface area contributed by atoms with Crippen LogP contribution in [0.1, 0.15) is 18.1 Å². The Morgan fingerprint density at radius 1 is 1.05 bits per heavy atom. The second kappa shape index (κ2) is 7.80. The van der Waals surface area contributed by atoms with Crippen LogP contribution in [0.25, 0.3) is 6.08 Å². The summed E-state index contributed by atoms with van der Waals surface area (Å²) < 4.78 is 0. The molecule has 0 aliphatic rings. The number of allylic oxidation sites excluding steroid dienone is 1. The normalized spacial score (nSPS) is 11.6. The third kappa shape index (κ3) is 5.45. The van der Waals surface area contributed by atoms with E-state index < -0.39 is 0 Å². The number of nitrogens with zero attached hydrogens (tertiary/aromatic N) is 1. The quantitative estimate of drug-likeness (QED) is 0.660. The minimum absolute atomic E-state index is 0.120. The van der Waals surface area contributed by atoms with E-state index >= 15 is 0 Å². The molecular formula is C18H18N2O. The summed E-state index contributed by atoms with van der Waals surface area (Å²) in [5, 5.41) is 3.97. The predicted octanol–water partition coefficient (Wildman–Crippen LogP) is 3.43. The second-order valence-electron chi connectivity index (χ2n) is 4.75. The number of rotatable bonds is 5. The van der Waals surface area contributed by atoms with Crippen molar-refractivity contribution in [3.05, 3.63) is 77.4 Å². The van der Waals surface area contributed by atoms with Gasteiger partial charge in [-0.2, -0.15) is 5.10 Å². The van der Waals surface area contributed by atoms with Crippen molar-refractivity contribution in [1.82, 2.24) is 5.43 Å². The molecule has 1 amide bonds. The van der Waals surface area contributed by atoms with E-state index in [2.05, 4.69) is 10.5 Å². The van der Waals surface area contributed by atoms with Crippen LogP contribution in [0.15, 0.2) is 71.3 Å². The molecule has 0 fully saturated rings. The molecule has 0 aromatic heterocycles. The fraction of sp³-hybridized carbons (Fsp3) is 0.111. The van der Waals surface area contributed by atoms with Gasteiger partial charge in [0.15, 0.2) is 0 Å². The second-order valence-corrected chi connectivity index (χ2v) is 4.75. The van der Waals surface area contributed by atoms with Crippen LogP contribution in [0.2, 0.25) is 0 Å². The van der Waals surface area contributed by atoms with Crippen molar-refractivity contribution in [2.24, 2.45) is 5.10 Å². The monoisotopic (exact) mass is 278 g/mol. The predicted molar refractivity (Wildman–Crippen MR) is 86.9 cm³/mol. The fourth-order valence-electron chi connectivity index (χ4n) is 1.88. The number of hydrogen-bond donors (Lipinski definition) is 1. The summed E-state index contributed by atoms with van der Waals surface area (Å²) >= 11 is 0. The molecule has 2 aromatic carbocycles. The molecule has 0 radical (unpaired) electrons. The lowest BCUT2D eigenvalue weighted by molar-refractivity contribution is -0.120. The Balaban J connectivity index is 1.84. The standard InChI is InChI=1S/C18H18N2O/c1-15(12-16-8-4-2-5-9-16)14-19-20-18(21)13-17-10-6-3-7-11-17/h2-12,14H,13H2,1H3,(H,20,21)/b15-12-,19-14+. The van der Waals surface area contributed by atoms with Crippen molar-refractivity contribution < 1.29 is 4.79 Å². The smallest absolute Gasteiger partial charge is 0.244 e. The molecule has 3 nitrogen and oxygen atoms in total. The van der Waals surface area contributed by atoms with E-state index in [1.807, 2.05) is 73.7 Å². The maximum atomic E-state index is 11.7. The van der Waals surface area contributed by atoms with Crippen LogP contribution in [-0.4, -0.2) is 12.1 Å². The number of hydrogen-bond acceptors (Lipinski definition) is 2. The van der Waals surface area contributed by atoms with Crippen LogP contribution in [0.4, 0.5) is 0 Å². The number of amides is 1. The Labute approximate surface area is 125 Å². The van der Waals surface area contributed by atoms with Gasteiger partial charge < -0.3 is 0 Å². The molecule has 0 unspecified atom stereocenters. The van der Waals surface area contributed by atoms with E-state index in [1.54, 1.807) is 6.21 Å². The van der Waals surface area contributed by atoms with Crippen molar-refractivity contribution >= 4 is 18.2 Å². The SMILES string of the molecule is CC(=C/c1ccccc1)/C=N/NC(=O)Cc1ccccc1. The molecule has 0 atom stereocenters. The minimum atomic E-state index is -0.120. The molecule has 0 aliphatic carbocycles. The van der Waals surface area contributed by atoms with Crippen LogP contribution in [0.5, 0.6) is 0 Å². The van der Waals surface area contributed by atoms with Crippen molar-refractivity contribution in [2.45, 2.75) is 13.3 Å². The van der Waals surface area contributed by atoms with Gasteiger partial charge in [0.2, 0.25) is 5.91 Å². The summed E-state index contributed by atoms with van der Waals surface area (Å²) in [5.41, 5.74) is 5.59. The zero-order valence-electron chi connectivity index (χ0n) is 12.0. The molecule has 0 aliphatic heterocycles. The zero-order chi connectivity index (χ0) is 14.9. The van der Waals surface area contributed by atoms with E-state index in [1.165, 1.54) is 0 Å². The number of nitrogens with one attached hydrogen (secondary N) is 1. The van der Waals surface area contributed by atoms with Gasteiger partial charge in [0.1, 0.15) is 0 Å². The summed E-state index contributed by atoms with van der Waals surface area (Å²) in [7, 11) is 0. The van der Waals surface area contributed by atoms with Gasteiger partial charge in [-0.3, -0.25) is 4.79 Å². The topological polar surface area (TPSA) is 41.5 Å². The first-order valence-corrected chi connectivity index (χ1v) is 6.83. The summed E-state index contributed by atoms with van der Waals surface area (Å²) in [5.74, 6) is -0.120. The first-order valence-electron chi connectivity index (χ1n) is 6.83. The van der Waals surface area contributed by atoms with Gasteiger partial charge in [-0.15, -0.1) is 0 Å². The molecule has 0 heterocycles. The van der Waals surface area contributed by atoms with Gasteiger partial charge >= 0.3 is 0 Å². The van der Waals surface area contributed by atoms with Gasteiger partial charge in [-0.25, -0.2) is 5.43 Å². The molecule has 0 saturated heterocycles. The first-order chi connectivity index (χ1) is 10.2. The molecule has 0 spiro atoms. The fourth-order valence-corrected chi connectivity index (χ4v) is 1.88. The van der Waals surface area contributed by atoms with Crippen molar-refractivity contribution in [1.29, 1.82) is 0 Å². The molecule has 1 N–H and O–H groups in total.